The van der Waals surface area contributed by atoms with Crippen LogP contribution < -0.4 is 4.74 Å². The molecule has 1 aromatic carbocycles. The topological polar surface area (TPSA) is 55.5 Å². The second kappa shape index (κ2) is 4.22. The maximum atomic E-state index is 9.69. The first-order valence-electron chi connectivity index (χ1n) is 5.66. The molecule has 1 aliphatic carbocycles. The molecule has 3 rings (SSSR count). The van der Waals surface area contributed by atoms with Crippen molar-refractivity contribution >= 4 is 0 Å². The molecule has 4 nitrogen and oxygen atoms in total. The lowest BCUT2D eigenvalue weighted by Gasteiger charge is -2.07. The quantitative estimate of drug-likeness (QED) is 0.880. The van der Waals surface area contributed by atoms with Crippen LogP contribution in [-0.2, 0) is 13.0 Å². The van der Waals surface area contributed by atoms with Crippen LogP contribution in [0.4, 0.5) is 0 Å². The molecule has 17 heavy (non-hydrogen) atoms. The number of fused-ring (bicyclic) bond motifs is 1. The molecule has 4 heteroatoms. The highest BCUT2D eigenvalue weighted by molar-refractivity contribution is 5.39. The first-order chi connectivity index (χ1) is 8.33. The minimum absolute atomic E-state index is 0.312. The number of hydrogen-bond acceptors (Lipinski definition) is 4. The van der Waals surface area contributed by atoms with Gasteiger partial charge in [0.05, 0.1) is 12.3 Å². The van der Waals surface area contributed by atoms with Crippen molar-refractivity contribution in [3.8, 4) is 5.75 Å². The van der Waals surface area contributed by atoms with Gasteiger partial charge in [0.25, 0.3) is 0 Å². The van der Waals surface area contributed by atoms with Crippen LogP contribution in [0.3, 0.4) is 0 Å². The van der Waals surface area contributed by atoms with Gasteiger partial charge in [-0.1, -0.05) is 11.2 Å². The van der Waals surface area contributed by atoms with E-state index >= 15 is 0 Å². The van der Waals surface area contributed by atoms with E-state index in [0.29, 0.717) is 12.4 Å². The Morgan fingerprint density at radius 1 is 1.41 bits per heavy atom. The molecule has 1 unspecified atom stereocenters. The average Bonchev–Trinajstić information content (AvgIpc) is 2.97. The van der Waals surface area contributed by atoms with Crippen molar-refractivity contribution in [2.75, 3.05) is 0 Å². The Morgan fingerprint density at radius 2 is 2.35 bits per heavy atom. The molecule has 0 radical (unpaired) electrons. The number of aryl methyl sites for hydroxylation is 1. The number of nitrogens with zero attached hydrogens (tertiary/aromatic N) is 1. The highest BCUT2D eigenvalue weighted by Crippen LogP contribution is 2.33. The molecule has 1 N–H and O–H groups in total. The first-order valence-corrected chi connectivity index (χ1v) is 5.66. The van der Waals surface area contributed by atoms with Crippen LogP contribution in [0.2, 0.25) is 0 Å². The van der Waals surface area contributed by atoms with Crippen LogP contribution in [0.5, 0.6) is 5.75 Å². The van der Waals surface area contributed by atoms with Gasteiger partial charge < -0.3 is 14.4 Å². The van der Waals surface area contributed by atoms with Crippen molar-refractivity contribution in [2.45, 2.75) is 25.6 Å². The molecule has 0 bridgehead atoms. The zero-order chi connectivity index (χ0) is 11.7. The number of benzene rings is 1. The average molecular weight is 231 g/mol. The van der Waals surface area contributed by atoms with Crippen LogP contribution in [-0.4, -0.2) is 10.3 Å². The fourth-order valence-electron chi connectivity index (χ4n) is 2.13. The van der Waals surface area contributed by atoms with Crippen molar-refractivity contribution in [1.82, 2.24) is 5.16 Å². The molecule has 1 aliphatic rings. The van der Waals surface area contributed by atoms with Crippen molar-refractivity contribution in [2.24, 2.45) is 0 Å². The zero-order valence-electron chi connectivity index (χ0n) is 9.30. The smallest absolute Gasteiger partial charge is 0.174 e. The molecule has 1 aromatic heterocycles. The fourth-order valence-corrected chi connectivity index (χ4v) is 2.13. The molecule has 1 heterocycles. The number of aliphatic hydroxyl groups excluding tert-OH is 1. The minimum atomic E-state index is -0.312. The van der Waals surface area contributed by atoms with Gasteiger partial charge in [0.2, 0.25) is 0 Å². The van der Waals surface area contributed by atoms with Crippen LogP contribution >= 0.6 is 0 Å². The number of aromatic nitrogens is 1. The highest BCUT2D eigenvalue weighted by atomic mass is 16.5. The van der Waals surface area contributed by atoms with Gasteiger partial charge in [-0.3, -0.25) is 0 Å². The molecule has 0 spiro atoms. The summed E-state index contributed by atoms with van der Waals surface area (Å²) in [6.45, 7) is 0.376. The van der Waals surface area contributed by atoms with Gasteiger partial charge in [0.15, 0.2) is 5.76 Å². The van der Waals surface area contributed by atoms with Gasteiger partial charge in [-0.2, -0.15) is 0 Å². The van der Waals surface area contributed by atoms with Crippen LogP contribution in [0.15, 0.2) is 35.0 Å². The Morgan fingerprint density at radius 3 is 3.18 bits per heavy atom. The second-order valence-corrected chi connectivity index (χ2v) is 4.18. The predicted molar refractivity (Wildman–Crippen MR) is 60.6 cm³/mol. The third-order valence-electron chi connectivity index (χ3n) is 3.03. The van der Waals surface area contributed by atoms with Crippen molar-refractivity contribution < 1.29 is 14.4 Å². The molecule has 2 aromatic rings. The van der Waals surface area contributed by atoms with E-state index in [1.807, 2.05) is 18.2 Å². The van der Waals surface area contributed by atoms with Gasteiger partial charge in [-0.05, 0) is 36.1 Å². The Bertz CT molecular complexity index is 507. The summed E-state index contributed by atoms with van der Waals surface area (Å²) in [4.78, 5) is 0. The van der Waals surface area contributed by atoms with Crippen molar-refractivity contribution in [3.05, 3.63) is 47.3 Å². The van der Waals surface area contributed by atoms with Crippen LogP contribution in [0.1, 0.15) is 29.4 Å². The first kappa shape index (κ1) is 10.4. The summed E-state index contributed by atoms with van der Waals surface area (Å²) in [5.41, 5.74) is 2.20. The van der Waals surface area contributed by atoms with Gasteiger partial charge in [0, 0.05) is 6.07 Å². The van der Waals surface area contributed by atoms with E-state index in [0.717, 1.165) is 24.2 Å². The second-order valence-electron chi connectivity index (χ2n) is 4.18. The van der Waals surface area contributed by atoms with Crippen molar-refractivity contribution in [3.63, 3.8) is 0 Å². The zero-order valence-corrected chi connectivity index (χ0v) is 9.30. The summed E-state index contributed by atoms with van der Waals surface area (Å²) in [6, 6.07) is 7.57. The predicted octanol–water partition coefficient (Wildman–Crippen LogP) is 2.23. The lowest BCUT2D eigenvalue weighted by molar-refractivity contribution is 0.180. The number of rotatable bonds is 3. The normalized spacial score (nSPS) is 18.1. The Kier molecular flexibility index (Phi) is 2.57. The highest BCUT2D eigenvalue weighted by Gasteiger charge is 2.20. The maximum Gasteiger partial charge on any atom is 0.174 e. The summed E-state index contributed by atoms with van der Waals surface area (Å²) >= 11 is 0. The van der Waals surface area contributed by atoms with E-state index in [1.165, 1.54) is 5.56 Å². The Hall–Kier alpha value is -1.81. The fraction of sp³-hybridized carbons (Fsp3) is 0.308. The van der Waals surface area contributed by atoms with E-state index in [-0.39, 0.29) is 6.10 Å². The number of hydrogen-bond donors (Lipinski definition) is 1. The van der Waals surface area contributed by atoms with E-state index < -0.39 is 0 Å². The monoisotopic (exact) mass is 231 g/mol. The molecule has 0 saturated carbocycles. The summed E-state index contributed by atoms with van der Waals surface area (Å²) in [6.07, 6.45) is 3.00. The molecule has 1 atom stereocenters. The lowest BCUT2D eigenvalue weighted by atomic mass is 10.1. The Labute approximate surface area is 98.8 Å². The third-order valence-corrected chi connectivity index (χ3v) is 3.03. The maximum absolute atomic E-state index is 9.69. The molecular weight excluding hydrogens is 218 g/mol. The van der Waals surface area contributed by atoms with E-state index in [2.05, 4.69) is 5.16 Å². The number of aliphatic hydroxyl groups is 1. The summed E-state index contributed by atoms with van der Waals surface area (Å²) in [7, 11) is 0. The molecule has 88 valence electrons. The summed E-state index contributed by atoms with van der Waals surface area (Å²) in [5, 5.41) is 13.3. The van der Waals surface area contributed by atoms with Crippen molar-refractivity contribution in [1.29, 1.82) is 0 Å². The van der Waals surface area contributed by atoms with E-state index in [4.69, 9.17) is 9.26 Å². The minimum Gasteiger partial charge on any atom is -0.486 e. The molecule has 0 amide bonds. The summed E-state index contributed by atoms with van der Waals surface area (Å²) < 4.78 is 10.5. The molecule has 0 aliphatic heterocycles. The van der Waals surface area contributed by atoms with Gasteiger partial charge in [-0.25, -0.2) is 0 Å². The molecule has 0 saturated heterocycles. The van der Waals surface area contributed by atoms with E-state index in [1.54, 1.807) is 12.3 Å². The number of ether oxygens (including phenoxy) is 1. The van der Waals surface area contributed by atoms with E-state index in [9.17, 15) is 5.11 Å². The molecular formula is C13H13NO3. The van der Waals surface area contributed by atoms with Crippen LogP contribution in [0, 0.1) is 0 Å². The van der Waals surface area contributed by atoms with Crippen LogP contribution in [0.25, 0.3) is 0 Å². The Balaban J connectivity index is 1.72. The van der Waals surface area contributed by atoms with Gasteiger partial charge in [-0.15, -0.1) is 0 Å². The standard InChI is InChI=1S/C13H13NO3/c15-13-4-1-9-7-10(2-3-12(9)13)16-8-11-5-6-14-17-11/h2-3,5-7,13,15H,1,4,8H2. The van der Waals surface area contributed by atoms with Gasteiger partial charge >= 0.3 is 0 Å². The summed E-state index contributed by atoms with van der Waals surface area (Å²) in [5.74, 6) is 1.50. The largest absolute Gasteiger partial charge is 0.486 e. The SMILES string of the molecule is OC1CCc2cc(OCc3ccno3)ccc21. The lowest BCUT2D eigenvalue weighted by Crippen LogP contribution is -1.95. The van der Waals surface area contributed by atoms with Gasteiger partial charge in [0.1, 0.15) is 12.4 Å². The molecule has 0 fully saturated rings. The third kappa shape index (κ3) is 2.03.